The second-order valence-electron chi connectivity index (χ2n) is 9.30. The van der Waals surface area contributed by atoms with Crippen LogP contribution in [0.3, 0.4) is 0 Å². The number of hydrogen-bond donors (Lipinski definition) is 2. The number of anilines is 1. The minimum absolute atomic E-state index is 0.00363. The third kappa shape index (κ3) is 5.39. The van der Waals surface area contributed by atoms with Crippen LogP contribution in [0.25, 0.3) is 0 Å². The molecule has 1 fully saturated rings. The van der Waals surface area contributed by atoms with Crippen LogP contribution in [0, 0.1) is 0 Å². The molecule has 1 unspecified atom stereocenters. The number of phenolic OH excluding ortho intramolecular Hbond substituents is 2. The van der Waals surface area contributed by atoms with Crippen molar-refractivity contribution < 1.29 is 14.9 Å². The molecule has 1 saturated heterocycles. The Morgan fingerprint density at radius 2 is 1.79 bits per heavy atom. The maximum absolute atomic E-state index is 10.3. The molecule has 1 aliphatic heterocycles. The average molecular weight is 454 g/mol. The van der Waals surface area contributed by atoms with Crippen LogP contribution in [-0.2, 0) is 12.8 Å². The third-order valence-electron chi connectivity index (χ3n) is 7.25. The highest BCUT2D eigenvalue weighted by molar-refractivity contribution is 5.58. The van der Waals surface area contributed by atoms with Crippen LogP contribution in [0.5, 0.6) is 17.2 Å². The zero-order valence-electron chi connectivity index (χ0n) is 20.2. The molecule has 0 amide bonds. The number of unbranched alkanes of at least 4 members (excludes halogenated alkanes) is 3. The van der Waals surface area contributed by atoms with E-state index in [4.69, 9.17) is 4.74 Å². The van der Waals surface area contributed by atoms with Gasteiger partial charge in [-0.2, -0.15) is 0 Å². The predicted octanol–water partition coefficient (Wildman–Crippen LogP) is 4.58. The van der Waals surface area contributed by atoms with Gasteiger partial charge in [0.25, 0.3) is 0 Å². The highest BCUT2D eigenvalue weighted by Crippen LogP contribution is 2.37. The molecular formula is C27H39N3O3. The summed E-state index contributed by atoms with van der Waals surface area (Å²) in [6.07, 6.45) is 7.76. The molecule has 0 saturated carbocycles. The summed E-state index contributed by atoms with van der Waals surface area (Å²) >= 11 is 0. The zero-order valence-corrected chi connectivity index (χ0v) is 20.2. The molecule has 4 rings (SSSR count). The van der Waals surface area contributed by atoms with Gasteiger partial charge in [-0.05, 0) is 49.4 Å². The molecule has 6 nitrogen and oxygen atoms in total. The number of benzene rings is 2. The number of rotatable bonds is 9. The SMILES string of the molecule is CCCCCCN(C1CCc2c(ccc(O)c2O)C1)N1CCN(c2ccccc2OC)CC1. The van der Waals surface area contributed by atoms with E-state index in [0.717, 1.165) is 63.3 Å². The van der Waals surface area contributed by atoms with Crippen LogP contribution >= 0.6 is 0 Å². The van der Waals surface area contributed by atoms with Crippen molar-refractivity contribution in [3.63, 3.8) is 0 Å². The lowest BCUT2D eigenvalue weighted by atomic mass is 9.87. The van der Waals surface area contributed by atoms with E-state index in [1.807, 2.05) is 18.2 Å². The van der Waals surface area contributed by atoms with Gasteiger partial charge in [0.1, 0.15) is 5.75 Å². The van der Waals surface area contributed by atoms with Crippen molar-refractivity contribution in [3.05, 3.63) is 47.5 Å². The molecule has 2 aromatic rings. The molecule has 1 heterocycles. The number of aromatic hydroxyl groups is 2. The molecule has 0 aromatic heterocycles. The summed E-state index contributed by atoms with van der Waals surface area (Å²) in [5.41, 5.74) is 3.28. The Bertz CT molecular complexity index is 911. The number of ether oxygens (including phenoxy) is 1. The first kappa shape index (κ1) is 23.7. The summed E-state index contributed by atoms with van der Waals surface area (Å²) in [6.45, 7) is 7.28. The highest BCUT2D eigenvalue weighted by atomic mass is 16.5. The van der Waals surface area contributed by atoms with Crippen LogP contribution in [0.1, 0.15) is 50.2 Å². The van der Waals surface area contributed by atoms with Gasteiger partial charge in [0, 0.05) is 44.3 Å². The van der Waals surface area contributed by atoms with Crippen LogP contribution in [0.15, 0.2) is 36.4 Å². The van der Waals surface area contributed by atoms with Crippen molar-refractivity contribution in [1.29, 1.82) is 0 Å². The Morgan fingerprint density at radius 3 is 2.55 bits per heavy atom. The van der Waals surface area contributed by atoms with Crippen molar-refractivity contribution in [2.45, 2.75) is 57.9 Å². The molecule has 33 heavy (non-hydrogen) atoms. The Hall–Kier alpha value is -2.44. The largest absolute Gasteiger partial charge is 0.504 e. The van der Waals surface area contributed by atoms with Gasteiger partial charge >= 0.3 is 0 Å². The molecule has 6 heteroatoms. The van der Waals surface area contributed by atoms with E-state index in [2.05, 4.69) is 34.0 Å². The quantitative estimate of drug-likeness (QED) is 0.428. The smallest absolute Gasteiger partial charge is 0.160 e. The molecule has 2 aromatic carbocycles. The first-order valence-electron chi connectivity index (χ1n) is 12.5. The Labute approximate surface area is 198 Å². The van der Waals surface area contributed by atoms with Crippen molar-refractivity contribution in [3.8, 4) is 17.2 Å². The van der Waals surface area contributed by atoms with E-state index in [1.165, 1.54) is 36.9 Å². The standard InChI is InChI=1S/C27H39N3O3/c1-3-4-5-8-15-30(22-12-13-23-21(20-22)11-14-25(31)27(23)32)29-18-16-28(17-19-29)24-9-6-7-10-26(24)33-2/h6-7,9-11,14,22,31-32H,3-5,8,12-13,15-20H2,1-2H3. The topological polar surface area (TPSA) is 59.4 Å². The van der Waals surface area contributed by atoms with Crippen LogP contribution in [-0.4, -0.2) is 66.1 Å². The van der Waals surface area contributed by atoms with E-state index in [1.54, 1.807) is 13.2 Å². The van der Waals surface area contributed by atoms with Gasteiger partial charge in [-0.25, -0.2) is 10.0 Å². The van der Waals surface area contributed by atoms with E-state index in [9.17, 15) is 10.2 Å². The molecule has 1 aliphatic carbocycles. The maximum Gasteiger partial charge on any atom is 0.160 e. The minimum atomic E-state index is -0.00363. The van der Waals surface area contributed by atoms with E-state index in [-0.39, 0.29) is 11.5 Å². The lowest BCUT2D eigenvalue weighted by Gasteiger charge is -2.46. The van der Waals surface area contributed by atoms with Crippen molar-refractivity contribution in [1.82, 2.24) is 10.0 Å². The summed E-state index contributed by atoms with van der Waals surface area (Å²) in [4.78, 5) is 2.43. The van der Waals surface area contributed by atoms with Gasteiger partial charge in [0.05, 0.1) is 12.8 Å². The predicted molar refractivity (Wildman–Crippen MR) is 133 cm³/mol. The lowest BCUT2D eigenvalue weighted by Crippen LogP contribution is -2.58. The van der Waals surface area contributed by atoms with E-state index < -0.39 is 0 Å². The van der Waals surface area contributed by atoms with E-state index >= 15 is 0 Å². The van der Waals surface area contributed by atoms with E-state index in [0.29, 0.717) is 6.04 Å². The van der Waals surface area contributed by atoms with Gasteiger partial charge in [-0.15, -0.1) is 0 Å². The molecule has 180 valence electrons. The average Bonchev–Trinajstić information content (AvgIpc) is 2.86. The molecule has 1 atom stereocenters. The molecular weight excluding hydrogens is 414 g/mol. The van der Waals surface area contributed by atoms with Gasteiger partial charge in [-0.3, -0.25) is 0 Å². The molecule has 2 aliphatic rings. The molecule has 2 N–H and O–H groups in total. The molecule has 0 spiro atoms. The van der Waals surface area contributed by atoms with Crippen molar-refractivity contribution in [2.24, 2.45) is 0 Å². The first-order valence-corrected chi connectivity index (χ1v) is 12.5. The van der Waals surface area contributed by atoms with Gasteiger partial charge in [0.15, 0.2) is 11.5 Å². The van der Waals surface area contributed by atoms with Gasteiger partial charge in [0.2, 0.25) is 0 Å². The Morgan fingerprint density at radius 1 is 1.00 bits per heavy atom. The number of fused-ring (bicyclic) bond motifs is 1. The number of nitrogens with zero attached hydrogens (tertiary/aromatic N) is 3. The van der Waals surface area contributed by atoms with Crippen molar-refractivity contribution in [2.75, 3.05) is 44.7 Å². The summed E-state index contributed by atoms with van der Waals surface area (Å²) in [7, 11) is 1.74. The lowest BCUT2D eigenvalue weighted by molar-refractivity contribution is -0.0693. The fourth-order valence-electron chi connectivity index (χ4n) is 5.40. The minimum Gasteiger partial charge on any atom is -0.504 e. The molecule has 0 bridgehead atoms. The number of para-hydroxylation sites is 2. The number of phenols is 2. The number of hydrogen-bond acceptors (Lipinski definition) is 6. The normalized spacial score (nSPS) is 19.0. The fraction of sp³-hybridized carbons (Fsp3) is 0.556. The first-order chi connectivity index (χ1) is 16.1. The zero-order chi connectivity index (χ0) is 23.2. The second kappa shape index (κ2) is 11.1. The summed E-state index contributed by atoms with van der Waals surface area (Å²) < 4.78 is 5.59. The van der Waals surface area contributed by atoms with Crippen LogP contribution < -0.4 is 9.64 Å². The fourth-order valence-corrected chi connectivity index (χ4v) is 5.40. The highest BCUT2D eigenvalue weighted by Gasteiger charge is 2.31. The maximum atomic E-state index is 10.3. The number of piperazine rings is 1. The van der Waals surface area contributed by atoms with Crippen LogP contribution in [0.4, 0.5) is 5.69 Å². The van der Waals surface area contributed by atoms with Crippen LogP contribution in [0.2, 0.25) is 0 Å². The van der Waals surface area contributed by atoms with Gasteiger partial charge < -0.3 is 19.8 Å². The summed E-state index contributed by atoms with van der Waals surface area (Å²) in [5.74, 6) is 1.01. The second-order valence-corrected chi connectivity index (χ2v) is 9.30. The summed E-state index contributed by atoms with van der Waals surface area (Å²) in [5, 5.41) is 25.4. The number of hydrazine groups is 1. The Balaban J connectivity index is 1.45. The number of methoxy groups -OCH3 is 1. The monoisotopic (exact) mass is 453 g/mol. The third-order valence-corrected chi connectivity index (χ3v) is 7.25. The molecule has 0 radical (unpaired) electrons. The van der Waals surface area contributed by atoms with Crippen molar-refractivity contribution >= 4 is 5.69 Å². The van der Waals surface area contributed by atoms with Gasteiger partial charge in [-0.1, -0.05) is 44.4 Å². The Kier molecular flexibility index (Phi) is 7.99. The summed E-state index contributed by atoms with van der Waals surface area (Å²) in [6, 6.07) is 12.3.